The number of aryl methyl sites for hydroxylation is 2. The van der Waals surface area contributed by atoms with Gasteiger partial charge in [-0.2, -0.15) is 9.89 Å². The van der Waals surface area contributed by atoms with Crippen molar-refractivity contribution >= 4 is 16.7 Å². The molecular weight excluding hydrogens is 310 g/mol. The summed E-state index contributed by atoms with van der Waals surface area (Å²) in [4.78, 5) is 11.3. The number of hydrogen-bond donors (Lipinski definition) is 1. The SMILES string of the molecule is CCc1ccccc1-c1nc(Nn2ccc(C)n2)c2ccccc2n1. The van der Waals surface area contributed by atoms with Gasteiger partial charge in [-0.1, -0.05) is 43.3 Å². The summed E-state index contributed by atoms with van der Waals surface area (Å²) in [6.45, 7) is 4.10. The van der Waals surface area contributed by atoms with E-state index in [0.717, 1.165) is 40.2 Å². The first-order valence-electron chi connectivity index (χ1n) is 8.39. The van der Waals surface area contributed by atoms with E-state index in [1.807, 2.05) is 49.5 Å². The third-order valence-electron chi connectivity index (χ3n) is 4.19. The number of rotatable bonds is 4. The Kier molecular flexibility index (Phi) is 3.90. The molecule has 4 aromatic rings. The molecule has 0 spiro atoms. The van der Waals surface area contributed by atoms with Gasteiger partial charge in [-0.3, -0.25) is 5.43 Å². The number of hydrogen-bond acceptors (Lipinski definition) is 4. The molecule has 5 nitrogen and oxygen atoms in total. The fraction of sp³-hybridized carbons (Fsp3) is 0.150. The summed E-state index contributed by atoms with van der Waals surface area (Å²) in [5, 5.41) is 5.36. The molecular formula is C20H19N5. The molecule has 0 aliphatic rings. The molecule has 0 fully saturated rings. The van der Waals surface area contributed by atoms with Crippen LogP contribution in [0.5, 0.6) is 0 Å². The molecule has 2 aromatic heterocycles. The highest BCUT2D eigenvalue weighted by atomic mass is 15.6. The normalized spacial score (nSPS) is 11.0. The van der Waals surface area contributed by atoms with Crippen LogP contribution in [0.2, 0.25) is 0 Å². The van der Waals surface area contributed by atoms with Gasteiger partial charge in [0.25, 0.3) is 0 Å². The summed E-state index contributed by atoms with van der Waals surface area (Å²) in [7, 11) is 0. The Morgan fingerprint density at radius 3 is 2.56 bits per heavy atom. The van der Waals surface area contributed by atoms with E-state index in [0.29, 0.717) is 0 Å². The minimum atomic E-state index is 0.725. The standard InChI is InChI=1S/C20H19N5/c1-3-15-8-4-5-9-16(15)19-21-18-11-7-6-10-17(18)20(22-19)24-25-13-12-14(2)23-25/h4-13H,3H2,1-2H3,(H,21,22,24). The Balaban J connectivity index is 1.89. The van der Waals surface area contributed by atoms with E-state index < -0.39 is 0 Å². The molecule has 124 valence electrons. The predicted octanol–water partition coefficient (Wildman–Crippen LogP) is 4.24. The fourth-order valence-corrected chi connectivity index (χ4v) is 2.91. The number of anilines is 1. The molecule has 0 amide bonds. The van der Waals surface area contributed by atoms with Crippen LogP contribution in [0.4, 0.5) is 5.82 Å². The van der Waals surface area contributed by atoms with Gasteiger partial charge in [-0.05, 0) is 37.1 Å². The average Bonchev–Trinajstić information content (AvgIpc) is 3.06. The van der Waals surface area contributed by atoms with E-state index in [2.05, 4.69) is 35.6 Å². The molecule has 1 N–H and O–H groups in total. The Hall–Kier alpha value is -3.21. The monoisotopic (exact) mass is 329 g/mol. The van der Waals surface area contributed by atoms with Crippen LogP contribution >= 0.6 is 0 Å². The van der Waals surface area contributed by atoms with Crippen molar-refractivity contribution in [2.24, 2.45) is 0 Å². The van der Waals surface area contributed by atoms with Crippen LogP contribution in [0.15, 0.2) is 60.8 Å². The van der Waals surface area contributed by atoms with Crippen LogP contribution in [-0.2, 0) is 6.42 Å². The zero-order valence-corrected chi connectivity index (χ0v) is 14.3. The summed E-state index contributed by atoms with van der Waals surface area (Å²) in [6, 6.07) is 18.2. The van der Waals surface area contributed by atoms with Crippen molar-refractivity contribution in [2.45, 2.75) is 20.3 Å². The van der Waals surface area contributed by atoms with E-state index in [9.17, 15) is 0 Å². The van der Waals surface area contributed by atoms with Gasteiger partial charge in [-0.15, -0.1) is 0 Å². The van der Waals surface area contributed by atoms with Crippen molar-refractivity contribution in [2.75, 3.05) is 5.43 Å². The smallest absolute Gasteiger partial charge is 0.162 e. The molecule has 0 unspecified atom stereocenters. The van der Waals surface area contributed by atoms with E-state index in [1.54, 1.807) is 4.79 Å². The Labute approximate surface area is 146 Å². The highest BCUT2D eigenvalue weighted by Gasteiger charge is 2.12. The lowest BCUT2D eigenvalue weighted by Crippen LogP contribution is -2.12. The van der Waals surface area contributed by atoms with Crippen LogP contribution in [0.25, 0.3) is 22.3 Å². The maximum absolute atomic E-state index is 4.80. The lowest BCUT2D eigenvalue weighted by atomic mass is 10.0. The summed E-state index contributed by atoms with van der Waals surface area (Å²) in [5.41, 5.74) is 7.42. The van der Waals surface area contributed by atoms with Crippen LogP contribution < -0.4 is 5.43 Å². The largest absolute Gasteiger partial charge is 0.261 e. The number of para-hydroxylation sites is 1. The highest BCUT2D eigenvalue weighted by Crippen LogP contribution is 2.27. The number of nitrogens with one attached hydrogen (secondary N) is 1. The third-order valence-corrected chi connectivity index (χ3v) is 4.19. The van der Waals surface area contributed by atoms with Crippen LogP contribution in [0.3, 0.4) is 0 Å². The topological polar surface area (TPSA) is 55.6 Å². The molecule has 2 heterocycles. The molecule has 0 bridgehead atoms. The van der Waals surface area contributed by atoms with Crippen LogP contribution in [-0.4, -0.2) is 19.9 Å². The van der Waals surface area contributed by atoms with Gasteiger partial charge in [0.05, 0.1) is 11.2 Å². The van der Waals surface area contributed by atoms with Gasteiger partial charge in [0.2, 0.25) is 0 Å². The zero-order chi connectivity index (χ0) is 17.2. The molecule has 4 rings (SSSR count). The lowest BCUT2D eigenvalue weighted by molar-refractivity contribution is 0.785. The quantitative estimate of drug-likeness (QED) is 0.608. The van der Waals surface area contributed by atoms with Crippen molar-refractivity contribution in [3.63, 3.8) is 0 Å². The van der Waals surface area contributed by atoms with Crippen molar-refractivity contribution in [1.82, 2.24) is 19.9 Å². The van der Waals surface area contributed by atoms with Crippen molar-refractivity contribution in [3.05, 3.63) is 72.1 Å². The Bertz CT molecular complexity index is 1040. The van der Waals surface area contributed by atoms with Crippen LogP contribution in [0.1, 0.15) is 18.2 Å². The summed E-state index contributed by atoms with van der Waals surface area (Å²) in [5.74, 6) is 1.47. The van der Waals surface area contributed by atoms with Gasteiger partial charge in [-0.25, -0.2) is 9.97 Å². The minimum absolute atomic E-state index is 0.725. The van der Waals surface area contributed by atoms with E-state index in [-0.39, 0.29) is 0 Å². The molecule has 0 aliphatic heterocycles. The van der Waals surface area contributed by atoms with Gasteiger partial charge in [0, 0.05) is 17.1 Å². The second-order valence-electron chi connectivity index (χ2n) is 5.94. The lowest BCUT2D eigenvalue weighted by Gasteiger charge is -2.12. The van der Waals surface area contributed by atoms with Gasteiger partial charge in [0.15, 0.2) is 11.6 Å². The fourth-order valence-electron chi connectivity index (χ4n) is 2.91. The Morgan fingerprint density at radius 2 is 1.76 bits per heavy atom. The van der Waals surface area contributed by atoms with Gasteiger partial charge < -0.3 is 0 Å². The van der Waals surface area contributed by atoms with Crippen LogP contribution in [0, 0.1) is 6.92 Å². The minimum Gasteiger partial charge on any atom is -0.261 e. The predicted molar refractivity (Wildman–Crippen MR) is 100 cm³/mol. The van der Waals surface area contributed by atoms with Crippen molar-refractivity contribution < 1.29 is 0 Å². The first-order valence-corrected chi connectivity index (χ1v) is 8.39. The number of fused-ring (bicyclic) bond motifs is 1. The second kappa shape index (κ2) is 6.36. The molecule has 5 heteroatoms. The van der Waals surface area contributed by atoms with E-state index in [4.69, 9.17) is 9.97 Å². The number of benzene rings is 2. The highest BCUT2D eigenvalue weighted by molar-refractivity contribution is 5.90. The molecule has 0 saturated heterocycles. The van der Waals surface area contributed by atoms with Gasteiger partial charge >= 0.3 is 0 Å². The molecule has 0 saturated carbocycles. The molecule has 0 aliphatic carbocycles. The summed E-state index contributed by atoms with van der Waals surface area (Å²) < 4.78 is 0. The summed E-state index contributed by atoms with van der Waals surface area (Å²) >= 11 is 0. The molecule has 0 atom stereocenters. The first kappa shape index (κ1) is 15.3. The third kappa shape index (κ3) is 2.96. The molecule has 2 aromatic carbocycles. The second-order valence-corrected chi connectivity index (χ2v) is 5.94. The Morgan fingerprint density at radius 1 is 0.960 bits per heavy atom. The van der Waals surface area contributed by atoms with E-state index >= 15 is 0 Å². The maximum Gasteiger partial charge on any atom is 0.162 e. The summed E-state index contributed by atoms with van der Waals surface area (Å²) in [6.07, 6.45) is 2.82. The first-order chi connectivity index (χ1) is 12.2. The number of aromatic nitrogens is 4. The van der Waals surface area contributed by atoms with Crippen molar-refractivity contribution in [1.29, 1.82) is 0 Å². The zero-order valence-electron chi connectivity index (χ0n) is 14.3. The maximum atomic E-state index is 4.80. The van der Waals surface area contributed by atoms with E-state index in [1.165, 1.54) is 5.56 Å². The van der Waals surface area contributed by atoms with Crippen molar-refractivity contribution in [3.8, 4) is 11.4 Å². The van der Waals surface area contributed by atoms with Gasteiger partial charge in [0.1, 0.15) is 0 Å². The molecule has 0 radical (unpaired) electrons. The molecule has 25 heavy (non-hydrogen) atoms. The number of nitrogens with zero attached hydrogens (tertiary/aromatic N) is 4. The average molecular weight is 329 g/mol.